The van der Waals surface area contributed by atoms with E-state index in [1.807, 2.05) is 0 Å². The Morgan fingerprint density at radius 2 is 2.38 bits per heavy atom. The Hall–Kier alpha value is -1.80. The lowest BCUT2D eigenvalue weighted by Crippen LogP contribution is -2.40. The van der Waals surface area contributed by atoms with Crippen LogP contribution in [-0.4, -0.2) is 42.6 Å². The summed E-state index contributed by atoms with van der Waals surface area (Å²) in [5.41, 5.74) is 1.00. The van der Waals surface area contributed by atoms with Crippen molar-refractivity contribution >= 4 is 5.91 Å². The predicted molar refractivity (Wildman–Crippen MR) is 94.4 cm³/mol. The summed E-state index contributed by atoms with van der Waals surface area (Å²) in [6, 6.07) is 2.08. The lowest BCUT2D eigenvalue weighted by atomic mass is 9.81. The zero-order valence-corrected chi connectivity index (χ0v) is 14.9. The maximum absolute atomic E-state index is 12.3. The Balaban J connectivity index is 1.92. The van der Waals surface area contributed by atoms with Gasteiger partial charge < -0.3 is 14.7 Å². The molecular weight excluding hydrogens is 302 g/mol. The molecule has 0 unspecified atom stereocenters. The summed E-state index contributed by atoms with van der Waals surface area (Å²) < 4.78 is 5.43. The van der Waals surface area contributed by atoms with Gasteiger partial charge in [0, 0.05) is 26.0 Å². The van der Waals surface area contributed by atoms with Crippen molar-refractivity contribution < 1.29 is 9.32 Å². The topological polar surface area (TPSA) is 58.4 Å². The molecule has 0 radical (unpaired) electrons. The van der Waals surface area contributed by atoms with Crippen LogP contribution in [0, 0.1) is 24.2 Å². The highest BCUT2D eigenvalue weighted by Crippen LogP contribution is 2.27. The minimum atomic E-state index is 0.133. The molecule has 0 saturated carbocycles. The van der Waals surface area contributed by atoms with E-state index in [2.05, 4.69) is 29.4 Å². The molecule has 1 fully saturated rings. The average molecular weight is 331 g/mol. The number of nitrogens with zero attached hydrogens (tertiary/aromatic N) is 2. The Labute approximate surface area is 145 Å². The van der Waals surface area contributed by atoms with Gasteiger partial charge in [-0.3, -0.25) is 4.79 Å². The van der Waals surface area contributed by atoms with Crippen LogP contribution in [0.2, 0.25) is 0 Å². The van der Waals surface area contributed by atoms with Crippen LogP contribution >= 0.6 is 0 Å². The molecule has 2 rings (SSSR count). The SMILES string of the molecule is C#CCN(C)C(=O)C[C@@H]1CCNC[C@H]1Cc1cc(CCCC)on1. The fourth-order valence-electron chi connectivity index (χ4n) is 3.28. The van der Waals surface area contributed by atoms with Gasteiger partial charge in [0.25, 0.3) is 0 Å². The summed E-state index contributed by atoms with van der Waals surface area (Å²) in [5, 5.41) is 7.65. The number of amides is 1. The lowest BCUT2D eigenvalue weighted by Gasteiger charge is -2.32. The van der Waals surface area contributed by atoms with Gasteiger partial charge in [-0.25, -0.2) is 0 Å². The summed E-state index contributed by atoms with van der Waals surface area (Å²) in [6.07, 6.45) is 11.0. The number of terminal acetylenes is 1. The number of unbranched alkanes of at least 4 members (excludes halogenated alkanes) is 1. The van der Waals surface area contributed by atoms with Crippen molar-refractivity contribution in [1.82, 2.24) is 15.4 Å². The third-order valence-electron chi connectivity index (χ3n) is 4.81. The average Bonchev–Trinajstić information content (AvgIpc) is 3.02. The van der Waals surface area contributed by atoms with Crippen molar-refractivity contribution in [2.45, 2.75) is 45.4 Å². The van der Waals surface area contributed by atoms with E-state index in [1.165, 1.54) is 0 Å². The zero-order chi connectivity index (χ0) is 17.4. The van der Waals surface area contributed by atoms with Gasteiger partial charge in [-0.05, 0) is 44.2 Å². The second kappa shape index (κ2) is 9.48. The molecule has 0 spiro atoms. The van der Waals surface area contributed by atoms with Crippen molar-refractivity contribution in [2.24, 2.45) is 11.8 Å². The normalized spacial score (nSPS) is 20.5. The molecule has 2 atom stereocenters. The molecule has 1 amide bonds. The van der Waals surface area contributed by atoms with Gasteiger partial charge in [0.15, 0.2) is 0 Å². The van der Waals surface area contributed by atoms with E-state index in [-0.39, 0.29) is 5.91 Å². The van der Waals surface area contributed by atoms with Crippen LogP contribution in [0.25, 0.3) is 0 Å². The Morgan fingerprint density at radius 3 is 3.12 bits per heavy atom. The quantitative estimate of drug-likeness (QED) is 0.743. The first-order valence-corrected chi connectivity index (χ1v) is 8.96. The zero-order valence-electron chi connectivity index (χ0n) is 14.9. The van der Waals surface area contributed by atoms with Gasteiger partial charge >= 0.3 is 0 Å². The lowest BCUT2D eigenvalue weighted by molar-refractivity contribution is -0.131. The van der Waals surface area contributed by atoms with Crippen molar-refractivity contribution in [3.63, 3.8) is 0 Å². The molecule has 0 bridgehead atoms. The van der Waals surface area contributed by atoms with E-state index in [0.29, 0.717) is 24.8 Å². The molecule has 1 N–H and O–H groups in total. The number of hydrogen-bond acceptors (Lipinski definition) is 4. The molecule has 1 aliphatic rings. The number of aromatic nitrogens is 1. The number of carbonyl (C=O) groups is 1. The van der Waals surface area contributed by atoms with Crippen molar-refractivity contribution in [1.29, 1.82) is 0 Å². The number of aryl methyl sites for hydroxylation is 1. The van der Waals surface area contributed by atoms with Gasteiger partial charge in [-0.1, -0.05) is 24.4 Å². The standard InChI is InChI=1S/C19H29N3O2/c1-4-6-7-18-13-17(21-24-18)11-16-14-20-9-8-15(16)12-19(23)22(3)10-5-2/h2,13,15-16,20H,4,6-12,14H2,1,3H3/t15-,16+/m0/s1. The smallest absolute Gasteiger partial charge is 0.223 e. The second-order valence-corrected chi connectivity index (χ2v) is 6.76. The molecule has 5 nitrogen and oxygen atoms in total. The summed E-state index contributed by atoms with van der Waals surface area (Å²) >= 11 is 0. The van der Waals surface area contributed by atoms with Gasteiger partial charge in [0.2, 0.25) is 5.91 Å². The van der Waals surface area contributed by atoms with E-state index >= 15 is 0 Å². The summed E-state index contributed by atoms with van der Waals surface area (Å²) in [5.74, 6) is 4.41. The maximum atomic E-state index is 12.3. The first kappa shape index (κ1) is 18.5. The molecule has 5 heteroatoms. The van der Waals surface area contributed by atoms with Crippen molar-refractivity contribution in [2.75, 3.05) is 26.7 Å². The number of hydrogen-bond donors (Lipinski definition) is 1. The molecule has 132 valence electrons. The maximum Gasteiger partial charge on any atom is 0.223 e. The van der Waals surface area contributed by atoms with Crippen molar-refractivity contribution in [3.8, 4) is 12.3 Å². The second-order valence-electron chi connectivity index (χ2n) is 6.76. The van der Waals surface area contributed by atoms with Gasteiger partial charge in [0.1, 0.15) is 5.76 Å². The van der Waals surface area contributed by atoms with Crippen LogP contribution in [0.1, 0.15) is 44.1 Å². The van der Waals surface area contributed by atoms with Crippen LogP contribution < -0.4 is 5.32 Å². The molecule has 0 aromatic carbocycles. The summed E-state index contributed by atoms with van der Waals surface area (Å²) in [7, 11) is 1.77. The third kappa shape index (κ3) is 5.38. The van der Waals surface area contributed by atoms with Gasteiger partial charge in [-0.2, -0.15) is 0 Å². The van der Waals surface area contributed by atoms with Gasteiger partial charge in [0.05, 0.1) is 12.2 Å². The third-order valence-corrected chi connectivity index (χ3v) is 4.81. The molecule has 1 aliphatic heterocycles. The fourth-order valence-corrected chi connectivity index (χ4v) is 3.28. The fraction of sp³-hybridized carbons (Fsp3) is 0.684. The van der Waals surface area contributed by atoms with E-state index in [0.717, 1.165) is 56.6 Å². The highest BCUT2D eigenvalue weighted by Gasteiger charge is 2.28. The summed E-state index contributed by atoms with van der Waals surface area (Å²) in [6.45, 7) is 4.43. The molecule has 1 aromatic rings. The Kier molecular flexibility index (Phi) is 7.33. The van der Waals surface area contributed by atoms with E-state index < -0.39 is 0 Å². The molecule has 1 aromatic heterocycles. The van der Waals surface area contributed by atoms with E-state index in [4.69, 9.17) is 10.9 Å². The minimum absolute atomic E-state index is 0.133. The van der Waals surface area contributed by atoms with Gasteiger partial charge in [-0.15, -0.1) is 6.42 Å². The number of piperidine rings is 1. The van der Waals surface area contributed by atoms with Crippen molar-refractivity contribution in [3.05, 3.63) is 17.5 Å². The number of carbonyl (C=O) groups excluding carboxylic acids is 1. The molecule has 24 heavy (non-hydrogen) atoms. The van der Waals surface area contributed by atoms with E-state index in [9.17, 15) is 4.79 Å². The number of rotatable bonds is 8. The number of nitrogens with one attached hydrogen (secondary N) is 1. The molecule has 0 aliphatic carbocycles. The molecule has 2 heterocycles. The monoisotopic (exact) mass is 331 g/mol. The first-order chi connectivity index (χ1) is 11.6. The van der Waals surface area contributed by atoms with Crippen LogP contribution in [0.5, 0.6) is 0 Å². The van der Waals surface area contributed by atoms with Crippen LogP contribution in [0.4, 0.5) is 0 Å². The minimum Gasteiger partial charge on any atom is -0.361 e. The van der Waals surface area contributed by atoms with Crippen LogP contribution in [-0.2, 0) is 17.6 Å². The Bertz CT molecular complexity index is 561. The van der Waals surface area contributed by atoms with Crippen LogP contribution in [0.15, 0.2) is 10.6 Å². The highest BCUT2D eigenvalue weighted by molar-refractivity contribution is 5.76. The Morgan fingerprint density at radius 1 is 1.54 bits per heavy atom. The van der Waals surface area contributed by atoms with E-state index in [1.54, 1.807) is 11.9 Å². The van der Waals surface area contributed by atoms with Crippen LogP contribution in [0.3, 0.4) is 0 Å². The predicted octanol–water partition coefficient (Wildman–Crippen LogP) is 2.27. The molecular formula is C19H29N3O2. The largest absolute Gasteiger partial charge is 0.361 e. The highest BCUT2D eigenvalue weighted by atomic mass is 16.5. The summed E-state index contributed by atoms with van der Waals surface area (Å²) in [4.78, 5) is 13.9. The molecule has 1 saturated heterocycles. The first-order valence-electron chi connectivity index (χ1n) is 8.96.